The van der Waals surface area contributed by atoms with Crippen LogP contribution in [-0.4, -0.2) is 33.9 Å². The Labute approximate surface area is 149 Å². The molecule has 2 aromatic heterocycles. The van der Waals surface area contributed by atoms with Crippen LogP contribution in [0.1, 0.15) is 0 Å². The summed E-state index contributed by atoms with van der Waals surface area (Å²) in [5, 5.41) is 12.6. The molecule has 0 fully saturated rings. The Hall–Kier alpha value is -3.48. The first-order valence-electron chi connectivity index (χ1n) is 8.19. The summed E-state index contributed by atoms with van der Waals surface area (Å²) in [6, 6.07) is 12.1. The number of aromatic nitrogens is 4. The fourth-order valence-corrected chi connectivity index (χ4v) is 3.33. The minimum atomic E-state index is 0.186. The van der Waals surface area contributed by atoms with Crippen LogP contribution in [0.4, 0.5) is 0 Å². The summed E-state index contributed by atoms with van der Waals surface area (Å²) in [5.41, 5.74) is 4.52. The number of nitrogens with zero attached hydrogens (tertiary/aromatic N) is 3. The predicted molar refractivity (Wildman–Crippen MR) is 96.4 cm³/mol. The number of hydrogen-bond acceptors (Lipinski definition) is 5. The van der Waals surface area contributed by atoms with Gasteiger partial charge in [0, 0.05) is 35.3 Å². The van der Waals surface area contributed by atoms with E-state index in [1.165, 1.54) is 5.52 Å². The molecule has 0 radical (unpaired) electrons. The molecule has 7 heteroatoms. The van der Waals surface area contributed by atoms with Gasteiger partial charge in [-0.05, 0) is 30.3 Å². The number of aryl methyl sites for hydroxylation is 1. The van der Waals surface area contributed by atoms with Crippen molar-refractivity contribution in [3.63, 3.8) is 0 Å². The number of fused-ring (bicyclic) bond motifs is 2. The van der Waals surface area contributed by atoms with Gasteiger partial charge in [-0.2, -0.15) is 15.4 Å². The van der Waals surface area contributed by atoms with E-state index < -0.39 is 0 Å². The number of benzene rings is 2. The molecule has 26 heavy (non-hydrogen) atoms. The molecule has 0 bridgehead atoms. The molecule has 0 aliphatic carbocycles. The molecule has 1 aliphatic rings. The fraction of sp³-hybridized carbons (Fsp3) is 0.158. The van der Waals surface area contributed by atoms with Crippen molar-refractivity contribution in [1.29, 1.82) is 0 Å². The van der Waals surface area contributed by atoms with Crippen molar-refractivity contribution in [3.8, 4) is 39.8 Å². The molecule has 0 unspecified atom stereocenters. The first-order valence-corrected chi connectivity index (χ1v) is 8.19. The van der Waals surface area contributed by atoms with Crippen LogP contribution < -0.4 is 14.2 Å². The molecule has 7 nitrogen and oxygen atoms in total. The third-order valence-electron chi connectivity index (χ3n) is 4.64. The molecule has 0 atom stereocenters. The van der Waals surface area contributed by atoms with Gasteiger partial charge in [-0.15, -0.1) is 0 Å². The van der Waals surface area contributed by atoms with E-state index in [9.17, 15) is 0 Å². The van der Waals surface area contributed by atoms with Gasteiger partial charge in [0.1, 0.15) is 11.4 Å². The summed E-state index contributed by atoms with van der Waals surface area (Å²) in [6.07, 6.45) is 2.04. The Bertz CT molecular complexity index is 1130. The van der Waals surface area contributed by atoms with Crippen molar-refractivity contribution in [3.05, 3.63) is 42.6 Å². The molecule has 130 valence electrons. The molecule has 1 N–H and O–H groups in total. The van der Waals surface area contributed by atoms with Crippen molar-refractivity contribution >= 4 is 10.9 Å². The monoisotopic (exact) mass is 348 g/mol. The lowest BCUT2D eigenvalue weighted by molar-refractivity contribution is 0.171. The number of hydrogen-bond donors (Lipinski definition) is 1. The summed E-state index contributed by atoms with van der Waals surface area (Å²) in [6.45, 7) is 0.186. The number of ether oxygens (including phenoxy) is 3. The topological polar surface area (TPSA) is 74.2 Å². The van der Waals surface area contributed by atoms with Crippen LogP contribution in [0.3, 0.4) is 0 Å². The smallest absolute Gasteiger partial charge is 0.231 e. The van der Waals surface area contributed by atoms with E-state index in [0.29, 0.717) is 17.2 Å². The second kappa shape index (κ2) is 5.52. The van der Waals surface area contributed by atoms with Crippen molar-refractivity contribution in [2.24, 2.45) is 7.05 Å². The molecule has 1 aliphatic heterocycles. The van der Waals surface area contributed by atoms with Gasteiger partial charge in [-0.3, -0.25) is 0 Å². The average molecular weight is 348 g/mol. The standard InChI is InChI=1S/C19H16N4O3/c1-23-6-5-11-7-12(3-4-14(11)23)17-18(21-22-20-17)13-8-15(24-2)19-16(9-13)25-10-26-19/h3-9H,10H2,1-2H3,(H,20,21,22). The second-order valence-corrected chi connectivity index (χ2v) is 6.13. The van der Waals surface area contributed by atoms with Crippen LogP contribution in [0, 0.1) is 0 Å². The lowest BCUT2D eigenvalue weighted by Gasteiger charge is -2.08. The van der Waals surface area contributed by atoms with Gasteiger partial charge < -0.3 is 18.8 Å². The predicted octanol–water partition coefficient (Wildman–Crippen LogP) is 3.37. The molecule has 3 heterocycles. The van der Waals surface area contributed by atoms with Gasteiger partial charge >= 0.3 is 0 Å². The van der Waals surface area contributed by atoms with E-state index >= 15 is 0 Å². The Morgan fingerprint density at radius 1 is 1.04 bits per heavy atom. The summed E-state index contributed by atoms with van der Waals surface area (Å²) in [7, 11) is 3.64. The summed E-state index contributed by atoms with van der Waals surface area (Å²) in [4.78, 5) is 0. The van der Waals surface area contributed by atoms with Crippen LogP contribution in [0.5, 0.6) is 17.2 Å². The SMILES string of the molecule is COc1cc(-c2n[nH]nc2-c2ccc3c(ccn3C)c2)cc2c1OCO2. The maximum atomic E-state index is 5.52. The van der Waals surface area contributed by atoms with E-state index in [1.807, 2.05) is 31.4 Å². The highest BCUT2D eigenvalue weighted by atomic mass is 16.7. The van der Waals surface area contributed by atoms with E-state index in [2.05, 4.69) is 38.2 Å². The molecular formula is C19H16N4O3. The van der Waals surface area contributed by atoms with Crippen molar-refractivity contribution in [2.75, 3.05) is 13.9 Å². The van der Waals surface area contributed by atoms with Gasteiger partial charge in [-0.1, -0.05) is 6.07 Å². The highest BCUT2D eigenvalue weighted by molar-refractivity contribution is 5.88. The lowest BCUT2D eigenvalue weighted by atomic mass is 10.0. The van der Waals surface area contributed by atoms with Gasteiger partial charge in [0.2, 0.25) is 12.5 Å². The highest BCUT2D eigenvalue weighted by Crippen LogP contribution is 2.45. The van der Waals surface area contributed by atoms with Crippen molar-refractivity contribution in [2.45, 2.75) is 0 Å². The van der Waals surface area contributed by atoms with Gasteiger partial charge in [-0.25, -0.2) is 0 Å². The quantitative estimate of drug-likeness (QED) is 0.614. The van der Waals surface area contributed by atoms with Gasteiger partial charge in [0.05, 0.1) is 7.11 Å². The molecule has 0 amide bonds. The van der Waals surface area contributed by atoms with Crippen LogP contribution in [0.15, 0.2) is 42.6 Å². The normalized spacial score (nSPS) is 12.7. The van der Waals surface area contributed by atoms with Gasteiger partial charge in [0.25, 0.3) is 0 Å². The Kier molecular flexibility index (Phi) is 3.15. The summed E-state index contributed by atoms with van der Waals surface area (Å²) >= 11 is 0. The van der Waals surface area contributed by atoms with Crippen molar-refractivity contribution in [1.82, 2.24) is 20.0 Å². The van der Waals surface area contributed by atoms with Crippen LogP contribution in [-0.2, 0) is 7.05 Å². The molecule has 5 rings (SSSR count). The molecule has 0 saturated carbocycles. The Morgan fingerprint density at radius 3 is 2.73 bits per heavy atom. The number of rotatable bonds is 3. The molecule has 0 spiro atoms. The molecule has 4 aromatic rings. The zero-order chi connectivity index (χ0) is 17.7. The highest BCUT2D eigenvalue weighted by Gasteiger charge is 2.23. The van der Waals surface area contributed by atoms with E-state index in [1.54, 1.807) is 7.11 Å². The number of aromatic amines is 1. The average Bonchev–Trinajstić information content (AvgIpc) is 3.40. The zero-order valence-electron chi connectivity index (χ0n) is 14.3. The van der Waals surface area contributed by atoms with Crippen molar-refractivity contribution < 1.29 is 14.2 Å². The number of methoxy groups -OCH3 is 1. The number of nitrogens with one attached hydrogen (secondary N) is 1. The van der Waals surface area contributed by atoms with E-state index in [-0.39, 0.29) is 6.79 Å². The van der Waals surface area contributed by atoms with Crippen LogP contribution in [0.25, 0.3) is 33.4 Å². The second-order valence-electron chi connectivity index (χ2n) is 6.13. The van der Waals surface area contributed by atoms with Gasteiger partial charge in [0.15, 0.2) is 11.5 Å². The zero-order valence-corrected chi connectivity index (χ0v) is 14.3. The minimum Gasteiger partial charge on any atom is -0.493 e. The fourth-order valence-electron chi connectivity index (χ4n) is 3.33. The van der Waals surface area contributed by atoms with Crippen LogP contribution >= 0.6 is 0 Å². The Morgan fingerprint density at radius 2 is 1.88 bits per heavy atom. The van der Waals surface area contributed by atoms with E-state index in [0.717, 1.165) is 27.9 Å². The molecule has 0 saturated heterocycles. The maximum Gasteiger partial charge on any atom is 0.231 e. The summed E-state index contributed by atoms with van der Waals surface area (Å²) in [5.74, 6) is 1.88. The Balaban J connectivity index is 1.65. The third-order valence-corrected chi connectivity index (χ3v) is 4.64. The molecule has 2 aromatic carbocycles. The third kappa shape index (κ3) is 2.13. The van der Waals surface area contributed by atoms with E-state index in [4.69, 9.17) is 14.2 Å². The first-order chi connectivity index (χ1) is 12.7. The maximum absolute atomic E-state index is 5.52. The minimum absolute atomic E-state index is 0.186. The first kappa shape index (κ1) is 14.8. The number of H-pyrrole nitrogens is 1. The summed E-state index contributed by atoms with van der Waals surface area (Å²) < 4.78 is 18.5. The molecular weight excluding hydrogens is 332 g/mol. The van der Waals surface area contributed by atoms with Crippen LogP contribution in [0.2, 0.25) is 0 Å². The lowest BCUT2D eigenvalue weighted by Crippen LogP contribution is -1.93. The largest absolute Gasteiger partial charge is 0.493 e.